The molecule has 0 radical (unpaired) electrons. The second kappa shape index (κ2) is 19.1. The van der Waals surface area contributed by atoms with Crippen LogP contribution in [0.25, 0.3) is 0 Å². The minimum atomic E-state index is -0.0233. The second-order valence-corrected chi connectivity index (χ2v) is 8.24. The van der Waals surface area contributed by atoms with Crippen molar-refractivity contribution in [2.75, 3.05) is 5.32 Å². The van der Waals surface area contributed by atoms with Crippen molar-refractivity contribution in [3.05, 3.63) is 42.5 Å². The number of hydrogen-bond acceptors (Lipinski definition) is 2. The smallest absolute Gasteiger partial charge is 0.238 e. The summed E-state index contributed by atoms with van der Waals surface area (Å²) >= 11 is 5.16. The van der Waals surface area contributed by atoms with Gasteiger partial charge in [0.1, 0.15) is 0 Å². The molecule has 3 N–H and O–H groups in total. The van der Waals surface area contributed by atoms with E-state index in [1.165, 1.54) is 70.6 Å². The van der Waals surface area contributed by atoms with E-state index in [1.54, 1.807) is 0 Å². The van der Waals surface area contributed by atoms with Gasteiger partial charge in [0, 0.05) is 12.1 Å². The van der Waals surface area contributed by atoms with Gasteiger partial charge in [-0.05, 0) is 56.5 Å². The highest BCUT2D eigenvalue weighted by molar-refractivity contribution is 7.80. The molecule has 30 heavy (non-hydrogen) atoms. The number of hydrazine groups is 1. The first-order valence-electron chi connectivity index (χ1n) is 11.8. The van der Waals surface area contributed by atoms with E-state index in [0.29, 0.717) is 11.5 Å². The van der Waals surface area contributed by atoms with E-state index in [-0.39, 0.29) is 5.91 Å². The first kappa shape index (κ1) is 26.2. The van der Waals surface area contributed by atoms with Gasteiger partial charge in [0.15, 0.2) is 5.11 Å². The lowest BCUT2D eigenvalue weighted by molar-refractivity contribution is -0.121. The van der Waals surface area contributed by atoms with Crippen LogP contribution >= 0.6 is 12.2 Å². The zero-order valence-corrected chi connectivity index (χ0v) is 19.6. The van der Waals surface area contributed by atoms with Gasteiger partial charge in [0.25, 0.3) is 0 Å². The fourth-order valence-electron chi connectivity index (χ4n) is 3.23. The quantitative estimate of drug-likeness (QED) is 0.114. The minimum Gasteiger partial charge on any atom is -0.331 e. The normalized spacial score (nSPS) is 10.8. The Morgan fingerprint density at radius 1 is 0.800 bits per heavy atom. The summed E-state index contributed by atoms with van der Waals surface area (Å²) in [6.45, 7) is 2.26. The summed E-state index contributed by atoms with van der Waals surface area (Å²) in [5.74, 6) is -0.0233. The van der Waals surface area contributed by atoms with Crippen molar-refractivity contribution < 1.29 is 4.79 Å². The largest absolute Gasteiger partial charge is 0.331 e. The Labute approximate surface area is 189 Å². The molecule has 1 rings (SSSR count). The third-order valence-electron chi connectivity index (χ3n) is 5.01. The van der Waals surface area contributed by atoms with Crippen molar-refractivity contribution in [2.45, 2.75) is 96.8 Å². The van der Waals surface area contributed by atoms with Crippen LogP contribution < -0.4 is 16.2 Å². The Kier molecular flexibility index (Phi) is 16.7. The SMILES string of the molecule is CCCCCCCC/C=C/CCCCCCCC(=O)NNC(=S)Nc1ccccc1. The first-order valence-corrected chi connectivity index (χ1v) is 12.2. The molecule has 0 aromatic heterocycles. The maximum absolute atomic E-state index is 11.9. The summed E-state index contributed by atoms with van der Waals surface area (Å²) in [5, 5.41) is 3.41. The van der Waals surface area contributed by atoms with Crippen LogP contribution in [0.4, 0.5) is 5.69 Å². The molecular formula is C25H41N3OS. The lowest BCUT2D eigenvalue weighted by Crippen LogP contribution is -2.43. The van der Waals surface area contributed by atoms with Crippen LogP contribution in [-0.4, -0.2) is 11.0 Å². The van der Waals surface area contributed by atoms with Crippen molar-refractivity contribution in [1.82, 2.24) is 10.9 Å². The molecule has 1 aromatic carbocycles. The van der Waals surface area contributed by atoms with E-state index in [0.717, 1.165) is 18.5 Å². The molecule has 0 bridgehead atoms. The van der Waals surface area contributed by atoms with E-state index in [9.17, 15) is 4.79 Å². The maximum Gasteiger partial charge on any atom is 0.238 e. The fraction of sp³-hybridized carbons (Fsp3) is 0.600. The molecule has 1 aromatic rings. The topological polar surface area (TPSA) is 53.2 Å². The van der Waals surface area contributed by atoms with E-state index in [4.69, 9.17) is 12.2 Å². The van der Waals surface area contributed by atoms with Gasteiger partial charge in [-0.25, -0.2) is 0 Å². The molecule has 4 nitrogen and oxygen atoms in total. The summed E-state index contributed by atoms with van der Waals surface area (Å²) in [6.07, 6.45) is 21.6. The average molecular weight is 432 g/mol. The Morgan fingerprint density at radius 3 is 2.00 bits per heavy atom. The zero-order valence-electron chi connectivity index (χ0n) is 18.8. The molecule has 168 valence electrons. The highest BCUT2D eigenvalue weighted by atomic mass is 32.1. The van der Waals surface area contributed by atoms with Gasteiger partial charge in [0.2, 0.25) is 5.91 Å². The van der Waals surface area contributed by atoms with Gasteiger partial charge in [-0.2, -0.15) is 0 Å². The number of amides is 1. The number of nitrogens with one attached hydrogen (secondary N) is 3. The van der Waals surface area contributed by atoms with E-state index >= 15 is 0 Å². The van der Waals surface area contributed by atoms with Crippen LogP contribution in [0, 0.1) is 0 Å². The summed E-state index contributed by atoms with van der Waals surface area (Å²) < 4.78 is 0. The molecule has 0 saturated heterocycles. The summed E-state index contributed by atoms with van der Waals surface area (Å²) in [6, 6.07) is 9.63. The monoisotopic (exact) mass is 431 g/mol. The van der Waals surface area contributed by atoms with Crippen LogP contribution in [0.3, 0.4) is 0 Å². The number of benzene rings is 1. The number of unbranched alkanes of at least 4 members (excludes halogenated alkanes) is 11. The van der Waals surface area contributed by atoms with Gasteiger partial charge in [-0.1, -0.05) is 88.6 Å². The number of carbonyl (C=O) groups is 1. The predicted octanol–water partition coefficient (Wildman–Crippen LogP) is 7.04. The number of hydrogen-bond donors (Lipinski definition) is 3. The Hall–Kier alpha value is -1.88. The van der Waals surface area contributed by atoms with Crippen molar-refractivity contribution in [3.8, 4) is 0 Å². The van der Waals surface area contributed by atoms with Gasteiger partial charge in [0.05, 0.1) is 0 Å². The van der Waals surface area contributed by atoms with Crippen LogP contribution in [0.2, 0.25) is 0 Å². The maximum atomic E-state index is 11.9. The van der Waals surface area contributed by atoms with Crippen LogP contribution in [0.15, 0.2) is 42.5 Å². The molecule has 0 aliphatic heterocycles. The van der Waals surface area contributed by atoms with Crippen molar-refractivity contribution in [2.24, 2.45) is 0 Å². The Morgan fingerprint density at radius 2 is 1.37 bits per heavy atom. The van der Waals surface area contributed by atoms with Crippen molar-refractivity contribution >= 4 is 28.9 Å². The predicted molar refractivity (Wildman–Crippen MR) is 133 cm³/mol. The van der Waals surface area contributed by atoms with E-state index in [2.05, 4.69) is 35.2 Å². The van der Waals surface area contributed by atoms with Crippen molar-refractivity contribution in [3.63, 3.8) is 0 Å². The third-order valence-corrected chi connectivity index (χ3v) is 5.22. The Bertz CT molecular complexity index is 589. The second-order valence-electron chi connectivity index (χ2n) is 7.83. The lowest BCUT2D eigenvalue weighted by atomic mass is 10.1. The molecule has 0 heterocycles. The van der Waals surface area contributed by atoms with E-state index < -0.39 is 0 Å². The minimum absolute atomic E-state index is 0.0233. The molecule has 0 spiro atoms. The third kappa shape index (κ3) is 16.0. The number of thiocarbonyl (C=S) groups is 1. The zero-order chi connectivity index (χ0) is 21.7. The van der Waals surface area contributed by atoms with Gasteiger partial charge in [-0.3, -0.25) is 15.6 Å². The summed E-state index contributed by atoms with van der Waals surface area (Å²) in [7, 11) is 0. The van der Waals surface area contributed by atoms with Crippen LogP contribution in [0.1, 0.15) is 96.8 Å². The highest BCUT2D eigenvalue weighted by Crippen LogP contribution is 2.10. The standard InChI is InChI=1S/C25H41N3OS/c1-2-3-4-5-6-7-8-9-10-11-12-13-14-15-19-22-24(29)27-28-25(30)26-23-20-17-16-18-21-23/h9-10,16-18,20-21H,2-8,11-15,19,22H2,1H3,(H,27,29)(H2,26,28,30)/b10-9+. The Balaban J connectivity index is 1.86. The molecule has 5 heteroatoms. The van der Waals surface area contributed by atoms with Crippen LogP contribution in [-0.2, 0) is 4.79 Å². The molecule has 0 aliphatic carbocycles. The van der Waals surface area contributed by atoms with E-state index in [1.807, 2.05) is 30.3 Å². The first-order chi connectivity index (χ1) is 14.7. The summed E-state index contributed by atoms with van der Waals surface area (Å²) in [5.41, 5.74) is 6.29. The number of rotatable bonds is 16. The fourth-order valence-corrected chi connectivity index (χ4v) is 3.40. The van der Waals surface area contributed by atoms with Gasteiger partial charge in [-0.15, -0.1) is 0 Å². The summed E-state index contributed by atoms with van der Waals surface area (Å²) in [4.78, 5) is 11.9. The number of anilines is 1. The molecule has 0 aliphatic rings. The number of para-hydroxylation sites is 1. The molecular weight excluding hydrogens is 390 g/mol. The molecule has 0 fully saturated rings. The molecule has 1 amide bonds. The van der Waals surface area contributed by atoms with Crippen LogP contribution in [0.5, 0.6) is 0 Å². The lowest BCUT2D eigenvalue weighted by Gasteiger charge is -2.11. The van der Waals surface area contributed by atoms with Gasteiger partial charge >= 0.3 is 0 Å². The number of allylic oxidation sites excluding steroid dienone is 2. The highest BCUT2D eigenvalue weighted by Gasteiger charge is 2.02. The van der Waals surface area contributed by atoms with Gasteiger partial charge < -0.3 is 5.32 Å². The molecule has 0 saturated carbocycles. The average Bonchev–Trinajstić information content (AvgIpc) is 2.75. The number of carbonyl (C=O) groups excluding carboxylic acids is 1. The molecule has 0 unspecified atom stereocenters. The van der Waals surface area contributed by atoms with Crippen molar-refractivity contribution in [1.29, 1.82) is 0 Å². The molecule has 0 atom stereocenters.